The summed E-state index contributed by atoms with van der Waals surface area (Å²) in [4.78, 5) is 6.53. The maximum atomic E-state index is 4.23. The average molecular weight is 204 g/mol. The molecule has 0 saturated heterocycles. The lowest BCUT2D eigenvalue weighted by Crippen LogP contribution is -2.23. The Morgan fingerprint density at radius 3 is 2.93 bits per heavy atom. The Kier molecular flexibility index (Phi) is 3.37. The van der Waals surface area contributed by atoms with E-state index in [1.807, 2.05) is 12.4 Å². The first-order chi connectivity index (χ1) is 7.27. The third kappa shape index (κ3) is 2.57. The molecule has 2 nitrogen and oxygen atoms in total. The van der Waals surface area contributed by atoms with E-state index in [0.717, 1.165) is 11.8 Å². The summed E-state index contributed by atoms with van der Waals surface area (Å²) < 4.78 is 0. The summed E-state index contributed by atoms with van der Waals surface area (Å²) in [5.41, 5.74) is 1.43. The van der Waals surface area contributed by atoms with E-state index >= 15 is 0 Å². The van der Waals surface area contributed by atoms with Crippen molar-refractivity contribution in [2.75, 3.05) is 20.6 Å². The predicted octanol–water partition coefficient (Wildman–Crippen LogP) is 2.53. The zero-order valence-corrected chi connectivity index (χ0v) is 9.69. The first kappa shape index (κ1) is 10.6. The van der Waals surface area contributed by atoms with Gasteiger partial charge in [0.2, 0.25) is 0 Å². The van der Waals surface area contributed by atoms with Crippen LogP contribution in [0.5, 0.6) is 0 Å². The second-order valence-corrected chi connectivity index (χ2v) is 4.85. The fourth-order valence-electron chi connectivity index (χ4n) is 2.76. The van der Waals surface area contributed by atoms with Crippen molar-refractivity contribution in [2.24, 2.45) is 5.92 Å². The van der Waals surface area contributed by atoms with Crippen molar-refractivity contribution in [1.29, 1.82) is 0 Å². The Morgan fingerprint density at radius 2 is 2.27 bits per heavy atom. The first-order valence-electron chi connectivity index (χ1n) is 5.82. The second-order valence-electron chi connectivity index (χ2n) is 4.85. The molecule has 0 bridgehead atoms. The third-order valence-electron chi connectivity index (χ3n) is 3.37. The van der Waals surface area contributed by atoms with Gasteiger partial charge in [-0.2, -0.15) is 0 Å². The summed E-state index contributed by atoms with van der Waals surface area (Å²) in [5, 5.41) is 0. The highest BCUT2D eigenvalue weighted by Gasteiger charge is 2.28. The van der Waals surface area contributed by atoms with Gasteiger partial charge in [-0.3, -0.25) is 4.98 Å². The Bertz CT molecular complexity index is 295. The monoisotopic (exact) mass is 204 g/mol. The molecule has 0 spiro atoms. The van der Waals surface area contributed by atoms with Gasteiger partial charge in [0.05, 0.1) is 0 Å². The SMILES string of the molecule is CN(C)CC1CCCC1c1cccnc1. The summed E-state index contributed by atoms with van der Waals surface area (Å²) in [6.07, 6.45) is 7.98. The number of rotatable bonds is 3. The van der Waals surface area contributed by atoms with E-state index in [0.29, 0.717) is 0 Å². The van der Waals surface area contributed by atoms with Crippen LogP contribution in [0, 0.1) is 5.92 Å². The van der Waals surface area contributed by atoms with Crippen LogP contribution in [0.1, 0.15) is 30.7 Å². The van der Waals surface area contributed by atoms with Crippen molar-refractivity contribution >= 4 is 0 Å². The van der Waals surface area contributed by atoms with Crippen LogP contribution in [0.3, 0.4) is 0 Å². The van der Waals surface area contributed by atoms with E-state index in [1.165, 1.54) is 31.4 Å². The molecule has 1 saturated carbocycles. The number of nitrogens with zero attached hydrogens (tertiary/aromatic N) is 2. The van der Waals surface area contributed by atoms with E-state index in [-0.39, 0.29) is 0 Å². The van der Waals surface area contributed by atoms with Crippen LogP contribution in [-0.2, 0) is 0 Å². The van der Waals surface area contributed by atoms with Crippen LogP contribution >= 0.6 is 0 Å². The van der Waals surface area contributed by atoms with Gasteiger partial charge in [0.15, 0.2) is 0 Å². The van der Waals surface area contributed by atoms with Crippen molar-refractivity contribution in [2.45, 2.75) is 25.2 Å². The van der Waals surface area contributed by atoms with Gasteiger partial charge in [0.1, 0.15) is 0 Å². The maximum Gasteiger partial charge on any atom is 0.0302 e. The van der Waals surface area contributed by atoms with Crippen molar-refractivity contribution in [3.8, 4) is 0 Å². The summed E-state index contributed by atoms with van der Waals surface area (Å²) in [7, 11) is 4.33. The van der Waals surface area contributed by atoms with E-state index in [1.54, 1.807) is 0 Å². The normalized spacial score (nSPS) is 26.1. The molecule has 0 amide bonds. The van der Waals surface area contributed by atoms with E-state index in [4.69, 9.17) is 0 Å². The molecular weight excluding hydrogens is 184 g/mol. The topological polar surface area (TPSA) is 16.1 Å². The Morgan fingerprint density at radius 1 is 1.40 bits per heavy atom. The van der Waals surface area contributed by atoms with Gasteiger partial charge < -0.3 is 4.90 Å². The lowest BCUT2D eigenvalue weighted by molar-refractivity contribution is 0.310. The van der Waals surface area contributed by atoms with Crippen molar-refractivity contribution < 1.29 is 0 Å². The third-order valence-corrected chi connectivity index (χ3v) is 3.37. The standard InChI is InChI=1S/C13H20N2/c1-15(2)10-12-5-3-7-13(12)11-6-4-8-14-9-11/h4,6,8-9,12-13H,3,5,7,10H2,1-2H3. The minimum Gasteiger partial charge on any atom is -0.309 e. The molecule has 2 atom stereocenters. The molecule has 2 heteroatoms. The van der Waals surface area contributed by atoms with Crippen LogP contribution in [0.2, 0.25) is 0 Å². The van der Waals surface area contributed by atoms with Gasteiger partial charge in [-0.15, -0.1) is 0 Å². The second kappa shape index (κ2) is 4.75. The summed E-state index contributed by atoms with van der Waals surface area (Å²) in [5.74, 6) is 1.56. The number of hydrogen-bond donors (Lipinski definition) is 0. The minimum absolute atomic E-state index is 0.737. The lowest BCUT2D eigenvalue weighted by atomic mass is 9.90. The summed E-state index contributed by atoms with van der Waals surface area (Å²) in [6, 6.07) is 4.28. The van der Waals surface area contributed by atoms with Crippen molar-refractivity contribution in [3.05, 3.63) is 30.1 Å². The zero-order valence-electron chi connectivity index (χ0n) is 9.69. The highest BCUT2D eigenvalue weighted by Crippen LogP contribution is 2.39. The fourth-order valence-corrected chi connectivity index (χ4v) is 2.76. The molecule has 1 aliphatic carbocycles. The van der Waals surface area contributed by atoms with E-state index in [9.17, 15) is 0 Å². The van der Waals surface area contributed by atoms with E-state index in [2.05, 4.69) is 36.1 Å². The molecule has 2 rings (SSSR count). The molecule has 0 N–H and O–H groups in total. The van der Waals surface area contributed by atoms with Gasteiger partial charge >= 0.3 is 0 Å². The lowest BCUT2D eigenvalue weighted by Gasteiger charge is -2.23. The number of hydrogen-bond acceptors (Lipinski definition) is 2. The average Bonchev–Trinajstić information content (AvgIpc) is 2.66. The Hall–Kier alpha value is -0.890. The fraction of sp³-hybridized carbons (Fsp3) is 0.615. The van der Waals surface area contributed by atoms with Crippen molar-refractivity contribution in [3.63, 3.8) is 0 Å². The molecular formula is C13H20N2. The van der Waals surface area contributed by atoms with Crippen LogP contribution in [-0.4, -0.2) is 30.5 Å². The quantitative estimate of drug-likeness (QED) is 0.752. The van der Waals surface area contributed by atoms with Gasteiger partial charge in [0, 0.05) is 18.9 Å². The maximum absolute atomic E-state index is 4.23. The molecule has 82 valence electrons. The molecule has 0 aliphatic heterocycles. The van der Waals surface area contributed by atoms with Gasteiger partial charge in [-0.05, 0) is 50.4 Å². The Labute approximate surface area is 92.3 Å². The number of aromatic nitrogens is 1. The molecule has 0 aromatic carbocycles. The predicted molar refractivity (Wildman–Crippen MR) is 62.9 cm³/mol. The van der Waals surface area contributed by atoms with Crippen LogP contribution in [0.15, 0.2) is 24.5 Å². The first-order valence-corrected chi connectivity index (χ1v) is 5.82. The van der Waals surface area contributed by atoms with Crippen LogP contribution in [0.25, 0.3) is 0 Å². The largest absolute Gasteiger partial charge is 0.309 e. The molecule has 15 heavy (non-hydrogen) atoms. The van der Waals surface area contributed by atoms with Gasteiger partial charge in [-0.1, -0.05) is 12.5 Å². The smallest absolute Gasteiger partial charge is 0.0302 e. The van der Waals surface area contributed by atoms with Gasteiger partial charge in [-0.25, -0.2) is 0 Å². The molecule has 1 aliphatic rings. The molecule has 0 radical (unpaired) electrons. The van der Waals surface area contributed by atoms with E-state index < -0.39 is 0 Å². The highest BCUT2D eigenvalue weighted by molar-refractivity contribution is 5.17. The summed E-state index contributed by atoms with van der Waals surface area (Å²) in [6.45, 7) is 1.21. The molecule has 1 aromatic heterocycles. The van der Waals surface area contributed by atoms with Crippen LogP contribution in [0.4, 0.5) is 0 Å². The molecule has 1 heterocycles. The van der Waals surface area contributed by atoms with Crippen molar-refractivity contribution in [1.82, 2.24) is 9.88 Å². The highest BCUT2D eigenvalue weighted by atomic mass is 15.1. The summed E-state index contributed by atoms with van der Waals surface area (Å²) >= 11 is 0. The molecule has 2 unspecified atom stereocenters. The number of pyridine rings is 1. The molecule has 1 fully saturated rings. The van der Waals surface area contributed by atoms with Crippen LogP contribution < -0.4 is 0 Å². The van der Waals surface area contributed by atoms with Gasteiger partial charge in [0.25, 0.3) is 0 Å². The molecule has 1 aromatic rings. The minimum atomic E-state index is 0.737. The Balaban J connectivity index is 2.08. The zero-order chi connectivity index (χ0) is 10.7.